The minimum Gasteiger partial charge on any atom is -0.454 e. The van der Waals surface area contributed by atoms with E-state index in [1.807, 2.05) is 18.2 Å². The fraction of sp³-hybridized carbons (Fsp3) is 0.500. The molecule has 0 fully saturated rings. The highest BCUT2D eigenvalue weighted by atomic mass is 16.7. The third-order valence-corrected chi connectivity index (χ3v) is 2.96. The molecule has 1 aromatic carbocycles. The van der Waals surface area contributed by atoms with E-state index in [1.54, 1.807) is 6.92 Å². The molecule has 2 N–H and O–H groups in total. The summed E-state index contributed by atoms with van der Waals surface area (Å²) in [6.45, 7) is 2.48. The van der Waals surface area contributed by atoms with Crippen molar-refractivity contribution < 1.29 is 19.4 Å². The van der Waals surface area contributed by atoms with Gasteiger partial charge in [0.25, 0.3) is 0 Å². The van der Waals surface area contributed by atoms with Gasteiger partial charge in [-0.3, -0.25) is 4.79 Å². The van der Waals surface area contributed by atoms with Crippen LogP contribution in [0.25, 0.3) is 0 Å². The summed E-state index contributed by atoms with van der Waals surface area (Å²) >= 11 is 0. The zero-order valence-corrected chi connectivity index (χ0v) is 11.0. The molecule has 0 saturated heterocycles. The number of hydrogen-bond donors (Lipinski definition) is 2. The molecule has 5 heteroatoms. The normalized spacial score (nSPS) is 14.2. The first-order chi connectivity index (χ1) is 9.15. The number of aliphatic hydroxyl groups excluding tert-OH is 1. The summed E-state index contributed by atoms with van der Waals surface area (Å²) in [7, 11) is 0. The molecular formula is C14H19NO4. The number of ether oxygens (including phenoxy) is 2. The van der Waals surface area contributed by atoms with E-state index in [2.05, 4.69) is 5.32 Å². The topological polar surface area (TPSA) is 67.8 Å². The maximum Gasteiger partial charge on any atom is 0.231 e. The van der Waals surface area contributed by atoms with Crippen molar-refractivity contribution >= 4 is 5.91 Å². The summed E-state index contributed by atoms with van der Waals surface area (Å²) in [4.78, 5) is 11.6. The predicted molar refractivity (Wildman–Crippen MR) is 70.2 cm³/mol. The maximum atomic E-state index is 11.6. The first kappa shape index (κ1) is 13.7. The molecular weight excluding hydrogens is 246 g/mol. The molecule has 2 rings (SSSR count). The largest absolute Gasteiger partial charge is 0.454 e. The highest BCUT2D eigenvalue weighted by Gasteiger charge is 2.13. The van der Waals surface area contributed by atoms with Gasteiger partial charge >= 0.3 is 0 Å². The van der Waals surface area contributed by atoms with Crippen LogP contribution < -0.4 is 14.8 Å². The molecule has 1 aromatic rings. The molecule has 0 aromatic heterocycles. The third-order valence-electron chi connectivity index (χ3n) is 2.96. The lowest BCUT2D eigenvalue weighted by atomic mass is 10.1. The molecule has 0 aliphatic carbocycles. The number of amides is 1. The Kier molecular flexibility index (Phi) is 4.63. The van der Waals surface area contributed by atoms with Gasteiger partial charge in [-0.15, -0.1) is 0 Å². The van der Waals surface area contributed by atoms with Gasteiger partial charge in [-0.1, -0.05) is 6.07 Å². The molecule has 1 aliphatic rings. The molecule has 1 heterocycles. The fourth-order valence-electron chi connectivity index (χ4n) is 1.86. The van der Waals surface area contributed by atoms with Crippen molar-refractivity contribution in [3.63, 3.8) is 0 Å². The number of carbonyl (C=O) groups is 1. The van der Waals surface area contributed by atoms with E-state index in [-0.39, 0.29) is 18.8 Å². The lowest BCUT2D eigenvalue weighted by Gasteiger charge is -2.07. The van der Waals surface area contributed by atoms with Crippen molar-refractivity contribution in [1.82, 2.24) is 5.32 Å². The number of aryl methyl sites for hydroxylation is 1. The zero-order valence-electron chi connectivity index (χ0n) is 11.0. The minimum atomic E-state index is -0.380. The lowest BCUT2D eigenvalue weighted by molar-refractivity contribution is -0.121. The summed E-state index contributed by atoms with van der Waals surface area (Å²) < 4.78 is 10.5. The fourth-order valence-corrected chi connectivity index (χ4v) is 1.86. The van der Waals surface area contributed by atoms with Crippen LogP contribution in [0.5, 0.6) is 11.5 Å². The van der Waals surface area contributed by atoms with Crippen LogP contribution in [0.3, 0.4) is 0 Å². The molecule has 19 heavy (non-hydrogen) atoms. The van der Waals surface area contributed by atoms with Crippen molar-refractivity contribution in [3.05, 3.63) is 23.8 Å². The highest BCUT2D eigenvalue weighted by Crippen LogP contribution is 2.32. The second-order valence-corrected chi connectivity index (χ2v) is 4.68. The Morgan fingerprint density at radius 1 is 1.42 bits per heavy atom. The van der Waals surface area contributed by atoms with E-state index < -0.39 is 0 Å². The van der Waals surface area contributed by atoms with Crippen LogP contribution in [-0.2, 0) is 11.2 Å². The van der Waals surface area contributed by atoms with Crippen LogP contribution in [0.4, 0.5) is 0 Å². The average molecular weight is 265 g/mol. The summed E-state index contributed by atoms with van der Waals surface area (Å²) in [5.41, 5.74) is 1.05. The van der Waals surface area contributed by atoms with E-state index in [0.717, 1.165) is 17.1 Å². The minimum absolute atomic E-state index is 0.00156. The Morgan fingerprint density at radius 3 is 3.00 bits per heavy atom. The van der Waals surface area contributed by atoms with E-state index in [0.29, 0.717) is 25.8 Å². The molecule has 1 amide bonds. The zero-order chi connectivity index (χ0) is 13.7. The molecule has 0 bridgehead atoms. The Labute approximate surface area is 112 Å². The van der Waals surface area contributed by atoms with E-state index in [4.69, 9.17) is 14.6 Å². The third kappa shape index (κ3) is 4.13. The standard InChI is InChI=1S/C14H19NO4/c1-10(16)6-7-15-14(17)5-3-11-2-4-12-13(8-11)19-9-18-12/h2,4,8,10,16H,3,5-7,9H2,1H3,(H,15,17). The van der Waals surface area contributed by atoms with Gasteiger partial charge in [0.2, 0.25) is 12.7 Å². The van der Waals surface area contributed by atoms with Crippen LogP contribution in [0.15, 0.2) is 18.2 Å². The Morgan fingerprint density at radius 2 is 2.21 bits per heavy atom. The molecule has 1 atom stereocenters. The second kappa shape index (κ2) is 6.43. The van der Waals surface area contributed by atoms with Gasteiger partial charge in [0, 0.05) is 13.0 Å². The molecule has 1 aliphatic heterocycles. The van der Waals surface area contributed by atoms with Gasteiger partial charge in [0.15, 0.2) is 11.5 Å². The van der Waals surface area contributed by atoms with Gasteiger partial charge in [-0.05, 0) is 37.5 Å². The second-order valence-electron chi connectivity index (χ2n) is 4.68. The SMILES string of the molecule is CC(O)CCNC(=O)CCc1ccc2c(c1)OCO2. The Hall–Kier alpha value is -1.75. The molecule has 0 saturated carbocycles. The molecule has 104 valence electrons. The molecule has 1 unspecified atom stereocenters. The summed E-state index contributed by atoms with van der Waals surface area (Å²) in [6, 6.07) is 5.71. The summed E-state index contributed by atoms with van der Waals surface area (Å²) in [6.07, 6.45) is 1.29. The van der Waals surface area contributed by atoms with Gasteiger partial charge in [0.05, 0.1) is 6.10 Å². The predicted octanol–water partition coefficient (Wildman–Crippen LogP) is 1.23. The number of hydrogen-bond acceptors (Lipinski definition) is 4. The van der Waals surface area contributed by atoms with E-state index in [1.165, 1.54) is 0 Å². The lowest BCUT2D eigenvalue weighted by Crippen LogP contribution is -2.26. The van der Waals surface area contributed by atoms with Crippen molar-refractivity contribution in [3.8, 4) is 11.5 Å². The average Bonchev–Trinajstić information content (AvgIpc) is 2.83. The number of rotatable bonds is 6. The van der Waals surface area contributed by atoms with Crippen LogP contribution in [0.1, 0.15) is 25.3 Å². The van der Waals surface area contributed by atoms with Crippen LogP contribution in [0.2, 0.25) is 0 Å². The Balaban J connectivity index is 1.74. The highest BCUT2D eigenvalue weighted by molar-refractivity contribution is 5.76. The number of fused-ring (bicyclic) bond motifs is 1. The molecule has 5 nitrogen and oxygen atoms in total. The van der Waals surface area contributed by atoms with Crippen molar-refractivity contribution in [2.75, 3.05) is 13.3 Å². The van der Waals surface area contributed by atoms with Crippen LogP contribution in [-0.4, -0.2) is 30.5 Å². The van der Waals surface area contributed by atoms with Gasteiger partial charge in [-0.2, -0.15) is 0 Å². The van der Waals surface area contributed by atoms with E-state index in [9.17, 15) is 4.79 Å². The van der Waals surface area contributed by atoms with Gasteiger partial charge < -0.3 is 19.9 Å². The van der Waals surface area contributed by atoms with Crippen molar-refractivity contribution in [2.24, 2.45) is 0 Å². The summed E-state index contributed by atoms with van der Waals surface area (Å²) in [5.74, 6) is 1.50. The number of aliphatic hydroxyl groups is 1. The number of benzene rings is 1. The maximum absolute atomic E-state index is 11.6. The summed E-state index contributed by atoms with van der Waals surface area (Å²) in [5, 5.41) is 11.9. The first-order valence-electron chi connectivity index (χ1n) is 6.48. The van der Waals surface area contributed by atoms with Gasteiger partial charge in [0.1, 0.15) is 0 Å². The first-order valence-corrected chi connectivity index (χ1v) is 6.48. The quantitative estimate of drug-likeness (QED) is 0.812. The van der Waals surface area contributed by atoms with Crippen LogP contribution in [0, 0.1) is 0 Å². The molecule has 0 spiro atoms. The number of nitrogens with one attached hydrogen (secondary N) is 1. The van der Waals surface area contributed by atoms with Crippen molar-refractivity contribution in [1.29, 1.82) is 0 Å². The van der Waals surface area contributed by atoms with E-state index >= 15 is 0 Å². The van der Waals surface area contributed by atoms with Crippen LogP contribution >= 0.6 is 0 Å². The number of carbonyl (C=O) groups excluding carboxylic acids is 1. The van der Waals surface area contributed by atoms with Gasteiger partial charge in [-0.25, -0.2) is 0 Å². The Bertz CT molecular complexity index is 445. The van der Waals surface area contributed by atoms with Crippen molar-refractivity contribution in [2.45, 2.75) is 32.3 Å². The smallest absolute Gasteiger partial charge is 0.231 e. The molecule has 0 radical (unpaired) electrons. The monoisotopic (exact) mass is 265 g/mol.